The van der Waals surface area contributed by atoms with Gasteiger partial charge in [-0.15, -0.1) is 0 Å². The summed E-state index contributed by atoms with van der Waals surface area (Å²) in [6.45, 7) is 5.74. The van der Waals surface area contributed by atoms with Gasteiger partial charge in [0.1, 0.15) is 0 Å². The van der Waals surface area contributed by atoms with Crippen molar-refractivity contribution in [2.45, 2.75) is 51.9 Å². The number of esters is 2. The molecule has 0 fully saturated rings. The molecule has 6 heteroatoms. The quantitative estimate of drug-likeness (QED) is 0.170. The number of hydrogen-bond donors (Lipinski definition) is 0. The van der Waals surface area contributed by atoms with E-state index in [1.165, 1.54) is 19.8 Å². The fraction of sp³-hybridized carbons (Fsp3) is 0.400. The minimum Gasteiger partial charge on any atom is -0.466 e. The molecule has 31 heavy (non-hydrogen) atoms. The summed E-state index contributed by atoms with van der Waals surface area (Å²) in [5.41, 5.74) is 2.26. The van der Waals surface area contributed by atoms with E-state index in [-0.39, 0.29) is 31.6 Å². The molecule has 1 aromatic rings. The Balaban J connectivity index is 2.45. The molecular weight excluding hydrogens is 459 g/mol. The second-order valence-electron chi connectivity index (χ2n) is 7.08. The summed E-state index contributed by atoms with van der Waals surface area (Å²) in [4.78, 5) is 35.6. The zero-order valence-corrected chi connectivity index (χ0v) is 20.4. The fourth-order valence-corrected chi connectivity index (χ4v) is 4.51. The third-order valence-corrected chi connectivity index (χ3v) is 6.56. The van der Waals surface area contributed by atoms with E-state index in [2.05, 4.69) is 17.4 Å². The Kier molecular flexibility index (Phi) is 13.2. The summed E-state index contributed by atoms with van der Waals surface area (Å²) < 4.78 is 10.8. The van der Waals surface area contributed by atoms with Crippen LogP contribution >= 0.6 is 0 Å². The van der Waals surface area contributed by atoms with Gasteiger partial charge in [0.2, 0.25) is 0 Å². The molecule has 0 radical (unpaired) electrons. The first kappa shape index (κ1) is 26.6. The van der Waals surface area contributed by atoms with Crippen molar-refractivity contribution in [3.63, 3.8) is 0 Å². The van der Waals surface area contributed by atoms with E-state index in [0.717, 1.165) is 17.3 Å². The van der Waals surface area contributed by atoms with Crippen LogP contribution in [0.25, 0.3) is 0 Å². The van der Waals surface area contributed by atoms with Gasteiger partial charge in [0, 0.05) is 5.57 Å². The molecular formula is C25H32O5Se. The van der Waals surface area contributed by atoms with Crippen molar-refractivity contribution in [3.05, 3.63) is 65.8 Å². The summed E-state index contributed by atoms with van der Waals surface area (Å²) in [7, 11) is 2.72. The molecule has 0 saturated carbocycles. The van der Waals surface area contributed by atoms with E-state index in [9.17, 15) is 14.4 Å². The Hall–Kier alpha value is -2.43. The second-order valence-corrected chi connectivity index (χ2v) is 9.46. The van der Waals surface area contributed by atoms with Crippen molar-refractivity contribution in [1.82, 2.24) is 0 Å². The molecule has 0 spiro atoms. The summed E-state index contributed by atoms with van der Waals surface area (Å²) in [6.07, 6.45) is 8.42. The molecule has 5 nitrogen and oxygen atoms in total. The smallest absolute Gasteiger partial charge is 0.333 e. The predicted molar refractivity (Wildman–Crippen MR) is 124 cm³/mol. The van der Waals surface area contributed by atoms with Gasteiger partial charge < -0.3 is 4.74 Å². The number of ether oxygens (including phenoxy) is 2. The maximum atomic E-state index is 12.2. The molecule has 0 heterocycles. The Morgan fingerprint density at radius 3 is 2.19 bits per heavy atom. The van der Waals surface area contributed by atoms with Crippen LogP contribution in [0.4, 0.5) is 0 Å². The summed E-state index contributed by atoms with van der Waals surface area (Å²) in [6, 6.07) is 9.76. The predicted octanol–water partition coefficient (Wildman–Crippen LogP) is 4.05. The van der Waals surface area contributed by atoms with E-state index in [0.29, 0.717) is 43.3 Å². The van der Waals surface area contributed by atoms with Crippen molar-refractivity contribution in [3.8, 4) is 0 Å². The molecule has 0 aliphatic heterocycles. The van der Waals surface area contributed by atoms with Gasteiger partial charge in [-0.3, -0.25) is 0 Å². The number of allylic oxidation sites excluding steroid dienone is 3. The minimum atomic E-state index is -0.375. The van der Waals surface area contributed by atoms with Gasteiger partial charge in [-0.1, -0.05) is 6.58 Å². The van der Waals surface area contributed by atoms with E-state index in [1.807, 2.05) is 43.3 Å². The summed E-state index contributed by atoms with van der Waals surface area (Å²) in [5, 5.41) is 0. The topological polar surface area (TPSA) is 69.7 Å². The molecule has 0 N–H and O–H groups in total. The van der Waals surface area contributed by atoms with Crippen LogP contribution < -0.4 is 4.46 Å². The van der Waals surface area contributed by atoms with Gasteiger partial charge in [-0.05, 0) is 0 Å². The molecule has 0 aliphatic rings. The standard InChI is InChI=1S/C25H32O5Se/c1-19(11-8-13-20(2)24(27)29-3)12-9-14-21(25(28)30-4)15-10-18-23(26)31-22-16-6-5-7-17-22/h5-7,11,14,16-17H,2,8-10,12-13,15,18H2,1,3-4H3/b19-11+,21-14-. The van der Waals surface area contributed by atoms with Crippen molar-refractivity contribution in [2.24, 2.45) is 0 Å². The molecule has 0 bridgehead atoms. The first-order valence-corrected chi connectivity index (χ1v) is 12.0. The van der Waals surface area contributed by atoms with Crippen LogP contribution in [0, 0.1) is 0 Å². The SMILES string of the molecule is C=C(CC/C=C(\C)CC/C=C(/CCCC(=O)[Se]c1ccccc1)C(=O)OC)C(=O)OC. The van der Waals surface area contributed by atoms with Crippen molar-refractivity contribution in [1.29, 1.82) is 0 Å². The van der Waals surface area contributed by atoms with Gasteiger partial charge in [0.25, 0.3) is 0 Å². The largest absolute Gasteiger partial charge is 0.466 e. The van der Waals surface area contributed by atoms with Crippen LogP contribution in [0.2, 0.25) is 0 Å². The number of carbonyl (C=O) groups excluding carboxylic acids is 3. The monoisotopic (exact) mass is 492 g/mol. The molecule has 1 aromatic carbocycles. The van der Waals surface area contributed by atoms with Crippen LogP contribution in [0.15, 0.2) is 65.8 Å². The van der Waals surface area contributed by atoms with Crippen LogP contribution in [0.3, 0.4) is 0 Å². The van der Waals surface area contributed by atoms with Gasteiger partial charge in [0.05, 0.1) is 7.11 Å². The fourth-order valence-electron chi connectivity index (χ4n) is 2.83. The molecule has 0 amide bonds. The normalized spacial score (nSPS) is 11.7. The first-order valence-electron chi connectivity index (χ1n) is 10.3. The molecule has 0 aromatic heterocycles. The second kappa shape index (κ2) is 15.4. The minimum absolute atomic E-state index is 0.183. The van der Waals surface area contributed by atoms with Gasteiger partial charge >= 0.3 is 163 Å². The average Bonchev–Trinajstić information content (AvgIpc) is 2.77. The number of hydrogen-bond acceptors (Lipinski definition) is 5. The Labute approximate surface area is 191 Å². The van der Waals surface area contributed by atoms with E-state index in [1.54, 1.807) is 0 Å². The average molecular weight is 491 g/mol. The van der Waals surface area contributed by atoms with Crippen LogP contribution in [-0.2, 0) is 23.9 Å². The third-order valence-electron chi connectivity index (χ3n) is 4.59. The first-order chi connectivity index (χ1) is 14.9. The van der Waals surface area contributed by atoms with E-state index < -0.39 is 0 Å². The van der Waals surface area contributed by atoms with E-state index in [4.69, 9.17) is 4.74 Å². The van der Waals surface area contributed by atoms with Crippen molar-refractivity contribution >= 4 is 36.0 Å². The van der Waals surface area contributed by atoms with Crippen molar-refractivity contribution in [2.75, 3.05) is 14.2 Å². The molecule has 0 unspecified atom stereocenters. The van der Waals surface area contributed by atoms with Crippen molar-refractivity contribution < 1.29 is 23.9 Å². The van der Waals surface area contributed by atoms with E-state index >= 15 is 0 Å². The van der Waals surface area contributed by atoms with Gasteiger partial charge in [-0.25, -0.2) is 4.79 Å². The Bertz CT molecular complexity index is 808. The number of benzene rings is 1. The molecule has 168 valence electrons. The van der Waals surface area contributed by atoms with Crippen LogP contribution in [0.5, 0.6) is 0 Å². The third kappa shape index (κ3) is 11.5. The maximum absolute atomic E-state index is 12.2. The number of carbonyl (C=O) groups is 3. The molecule has 0 aliphatic carbocycles. The zero-order valence-electron chi connectivity index (χ0n) is 18.6. The molecule has 1 rings (SSSR count). The van der Waals surface area contributed by atoms with Crippen LogP contribution in [0.1, 0.15) is 51.9 Å². The molecule has 0 saturated heterocycles. The van der Waals surface area contributed by atoms with Gasteiger partial charge in [0.15, 0.2) is 0 Å². The molecule has 0 atom stereocenters. The summed E-state index contributed by atoms with van der Waals surface area (Å²) >= 11 is -0.183. The maximum Gasteiger partial charge on any atom is 0.333 e. The Morgan fingerprint density at radius 1 is 0.903 bits per heavy atom. The zero-order chi connectivity index (χ0) is 23.1. The van der Waals surface area contributed by atoms with Gasteiger partial charge in [-0.2, -0.15) is 0 Å². The number of methoxy groups -OCH3 is 2. The number of rotatable bonds is 14. The Morgan fingerprint density at radius 2 is 1.55 bits per heavy atom. The van der Waals surface area contributed by atoms with Crippen LogP contribution in [-0.4, -0.2) is 45.8 Å². The summed E-state index contributed by atoms with van der Waals surface area (Å²) in [5.74, 6) is -0.711.